The highest BCUT2D eigenvalue weighted by atomic mass is 35.5. The molecule has 0 N–H and O–H groups in total. The van der Waals surface area contributed by atoms with Gasteiger partial charge in [0.2, 0.25) is 0 Å². The predicted octanol–water partition coefficient (Wildman–Crippen LogP) is 2.37. The zero-order chi connectivity index (χ0) is 2.71. The van der Waals surface area contributed by atoms with Gasteiger partial charge in [-0.05, 0) is 0 Å². The molecule has 0 aliphatic rings. The highest BCUT2D eigenvalue weighted by Gasteiger charge is 1.25. The van der Waals surface area contributed by atoms with Gasteiger partial charge in [0.05, 0.1) is 0 Å². The van der Waals surface area contributed by atoms with Crippen molar-refractivity contribution in [2.24, 2.45) is 0 Å². The third-order valence-electron chi connectivity index (χ3n) is 0. The summed E-state index contributed by atoms with van der Waals surface area (Å²) < 4.78 is 4.25. The molecule has 0 aromatic carbocycles. The van der Waals surface area contributed by atoms with Crippen molar-refractivity contribution in [1.29, 1.82) is 0 Å². The second-order valence-electron chi connectivity index (χ2n) is 0.408. The Morgan fingerprint density at radius 1 is 0.625 bits per heavy atom. The summed E-state index contributed by atoms with van der Waals surface area (Å²) in [4.78, 5) is 0. The van der Waals surface area contributed by atoms with Gasteiger partial charge >= 0.3 is 0 Å². The van der Waals surface area contributed by atoms with Gasteiger partial charge in [0.1, 0.15) is 0 Å². The molecule has 0 aromatic rings. The molecule has 6 heteroatoms. The SMILES string of the molecule is COC.Cl.Cl.Cl.Cl.Cl. The van der Waals surface area contributed by atoms with E-state index in [1.165, 1.54) is 0 Å². The monoisotopic (exact) mass is 226 g/mol. The van der Waals surface area contributed by atoms with E-state index in [2.05, 4.69) is 4.74 Å². The maximum atomic E-state index is 4.25. The average molecular weight is 228 g/mol. The van der Waals surface area contributed by atoms with Gasteiger partial charge in [-0.3, -0.25) is 0 Å². The number of ether oxygens (including phenoxy) is 1. The smallest absolute Gasteiger partial charge is 0.0351 e. The molecule has 0 atom stereocenters. The van der Waals surface area contributed by atoms with Crippen LogP contribution in [0.15, 0.2) is 0 Å². The van der Waals surface area contributed by atoms with Gasteiger partial charge in [0.15, 0.2) is 0 Å². The third kappa shape index (κ3) is 153. The summed E-state index contributed by atoms with van der Waals surface area (Å²) in [5, 5.41) is 0. The number of halogens is 5. The topological polar surface area (TPSA) is 9.23 Å². The Balaban J connectivity index is -0.00000000200. The molecule has 0 spiro atoms. The molecular formula is C2H11Cl5O. The molecule has 60 valence electrons. The van der Waals surface area contributed by atoms with Crippen molar-refractivity contribution in [2.45, 2.75) is 0 Å². The molecule has 1 nitrogen and oxygen atoms in total. The minimum Gasteiger partial charge on any atom is -0.388 e. The van der Waals surface area contributed by atoms with E-state index in [1.54, 1.807) is 14.2 Å². The Morgan fingerprint density at radius 3 is 0.625 bits per heavy atom. The molecule has 0 aromatic heterocycles. The van der Waals surface area contributed by atoms with Gasteiger partial charge in [-0.1, -0.05) is 0 Å². The van der Waals surface area contributed by atoms with Gasteiger partial charge in [-0.25, -0.2) is 0 Å². The molecule has 0 rings (SSSR count). The van der Waals surface area contributed by atoms with Crippen LogP contribution in [0.25, 0.3) is 0 Å². The molecular weight excluding hydrogens is 217 g/mol. The summed E-state index contributed by atoms with van der Waals surface area (Å²) in [6.07, 6.45) is 0. The lowest BCUT2D eigenvalue weighted by molar-refractivity contribution is 0.277. The summed E-state index contributed by atoms with van der Waals surface area (Å²) in [6.45, 7) is 0. The van der Waals surface area contributed by atoms with Gasteiger partial charge in [-0.2, -0.15) is 0 Å². The average Bonchev–Trinajstić information content (AvgIpc) is 0.918. The van der Waals surface area contributed by atoms with Crippen LogP contribution in [0.5, 0.6) is 0 Å². The summed E-state index contributed by atoms with van der Waals surface area (Å²) in [6, 6.07) is 0. The number of methoxy groups -OCH3 is 1. The second kappa shape index (κ2) is 79.5. The Bertz CT molecular complexity index is 10.4. The minimum absolute atomic E-state index is 0. The summed E-state index contributed by atoms with van der Waals surface area (Å²) >= 11 is 0. The third-order valence-corrected chi connectivity index (χ3v) is 0. The highest BCUT2D eigenvalue weighted by molar-refractivity contribution is 5.86. The van der Waals surface area contributed by atoms with E-state index >= 15 is 0 Å². The number of hydrogen-bond donors (Lipinski definition) is 0. The van der Waals surface area contributed by atoms with Gasteiger partial charge in [0.25, 0.3) is 0 Å². The first-order valence-corrected chi connectivity index (χ1v) is 0.816. The molecule has 0 bridgehead atoms. The van der Waals surface area contributed by atoms with Crippen molar-refractivity contribution in [3.63, 3.8) is 0 Å². The van der Waals surface area contributed by atoms with Crippen molar-refractivity contribution in [3.8, 4) is 0 Å². The van der Waals surface area contributed by atoms with Crippen LogP contribution in [0.1, 0.15) is 0 Å². The molecule has 0 heterocycles. The van der Waals surface area contributed by atoms with E-state index in [4.69, 9.17) is 0 Å². The first-order chi connectivity index (χ1) is 1.41. The quantitative estimate of drug-likeness (QED) is 0.618. The largest absolute Gasteiger partial charge is 0.388 e. The molecule has 8 heavy (non-hydrogen) atoms. The van der Waals surface area contributed by atoms with Crippen LogP contribution < -0.4 is 0 Å². The highest BCUT2D eigenvalue weighted by Crippen LogP contribution is 1.28. The maximum absolute atomic E-state index is 4.25. The van der Waals surface area contributed by atoms with E-state index in [-0.39, 0.29) is 62.0 Å². The molecule has 0 amide bonds. The first-order valence-electron chi connectivity index (χ1n) is 0.816. The molecule has 0 saturated heterocycles. The van der Waals surface area contributed by atoms with Crippen LogP contribution in [-0.4, -0.2) is 14.2 Å². The fraction of sp³-hybridized carbons (Fsp3) is 1.00. The fourth-order valence-electron chi connectivity index (χ4n) is 0. The molecule has 0 aliphatic heterocycles. The van der Waals surface area contributed by atoms with Crippen molar-refractivity contribution >= 4 is 62.0 Å². The molecule has 0 saturated carbocycles. The van der Waals surface area contributed by atoms with E-state index in [0.717, 1.165) is 0 Å². The van der Waals surface area contributed by atoms with Crippen LogP contribution in [0.3, 0.4) is 0 Å². The van der Waals surface area contributed by atoms with Crippen LogP contribution in [0.4, 0.5) is 0 Å². The van der Waals surface area contributed by atoms with Gasteiger partial charge in [0, 0.05) is 14.2 Å². The minimum atomic E-state index is 0. The second-order valence-corrected chi connectivity index (χ2v) is 0.408. The first kappa shape index (κ1) is 57.2. The zero-order valence-electron chi connectivity index (χ0n) is 4.45. The zero-order valence-corrected chi connectivity index (χ0v) is 8.53. The van der Waals surface area contributed by atoms with Crippen LogP contribution in [0, 0.1) is 0 Å². The Kier molecular flexibility index (Phi) is 569. The maximum Gasteiger partial charge on any atom is 0.0351 e. The van der Waals surface area contributed by atoms with E-state index in [9.17, 15) is 0 Å². The lowest BCUT2D eigenvalue weighted by Crippen LogP contribution is -1.55. The Morgan fingerprint density at radius 2 is 0.625 bits per heavy atom. The molecule has 0 radical (unpaired) electrons. The van der Waals surface area contributed by atoms with Crippen LogP contribution in [0.2, 0.25) is 0 Å². The van der Waals surface area contributed by atoms with E-state index in [1.807, 2.05) is 0 Å². The van der Waals surface area contributed by atoms with Gasteiger partial charge < -0.3 is 4.74 Å². The number of hydrogen-bond acceptors (Lipinski definition) is 1. The van der Waals surface area contributed by atoms with Crippen molar-refractivity contribution < 1.29 is 4.74 Å². The lowest BCUT2D eigenvalue weighted by Gasteiger charge is -1.61. The molecule has 0 fully saturated rings. The Labute approximate surface area is 81.0 Å². The molecule has 0 unspecified atom stereocenters. The molecule has 0 aliphatic carbocycles. The lowest BCUT2D eigenvalue weighted by atomic mass is 11.6. The summed E-state index contributed by atoms with van der Waals surface area (Å²) in [7, 11) is 3.25. The van der Waals surface area contributed by atoms with E-state index < -0.39 is 0 Å². The van der Waals surface area contributed by atoms with Crippen molar-refractivity contribution in [3.05, 3.63) is 0 Å². The van der Waals surface area contributed by atoms with Crippen molar-refractivity contribution in [2.75, 3.05) is 14.2 Å². The predicted molar refractivity (Wildman–Crippen MR) is 49.2 cm³/mol. The van der Waals surface area contributed by atoms with Crippen molar-refractivity contribution in [1.82, 2.24) is 0 Å². The summed E-state index contributed by atoms with van der Waals surface area (Å²) in [5.74, 6) is 0. The fourth-order valence-corrected chi connectivity index (χ4v) is 0. The van der Waals surface area contributed by atoms with Gasteiger partial charge in [-0.15, -0.1) is 62.0 Å². The standard InChI is InChI=1S/C2H6O.5ClH/c1-3-2;;;;;/h1-2H3;5*1H. The number of rotatable bonds is 0. The normalized spacial score (nSPS) is 2.25. The van der Waals surface area contributed by atoms with Crippen LogP contribution in [-0.2, 0) is 4.74 Å². The Hall–Kier alpha value is 1.41. The van der Waals surface area contributed by atoms with Crippen LogP contribution >= 0.6 is 62.0 Å². The summed E-state index contributed by atoms with van der Waals surface area (Å²) in [5.41, 5.74) is 0. The van der Waals surface area contributed by atoms with E-state index in [0.29, 0.717) is 0 Å².